The normalized spacial score (nSPS) is 22.2. The van der Waals surface area contributed by atoms with Gasteiger partial charge in [-0.05, 0) is 67.8 Å². The number of anilines is 2. The number of carbonyl (C=O) groups is 3. The van der Waals surface area contributed by atoms with Gasteiger partial charge in [0.05, 0.1) is 48.0 Å². The van der Waals surface area contributed by atoms with Gasteiger partial charge >= 0.3 is 5.97 Å². The summed E-state index contributed by atoms with van der Waals surface area (Å²) in [4.78, 5) is 40.6. The van der Waals surface area contributed by atoms with Gasteiger partial charge < -0.3 is 25.4 Å². The van der Waals surface area contributed by atoms with Crippen LogP contribution in [0.2, 0.25) is 10.0 Å². The number of nitrogens with one attached hydrogen (secondary N) is 3. The average Bonchev–Trinajstić information content (AvgIpc) is 3.47. The standard InChI is InChI=1S/C32H29Cl2FN4O5/c1-31(2,15-36)14-24-32(19-10-9-17(33)13-22(19)38-30(32)42)25(18-6-5-7-20(34)26(18)35)27(39-24)28(40)37-21-11-8-16(29(41)44-4)12-23(21)43-3/h5-13,24-25,27,39H,14H2,1-4H3,(H,37,40)(H,38,42)/t24-,25-,27+,32+/m0/s1. The minimum Gasteiger partial charge on any atom is -0.495 e. The van der Waals surface area contributed by atoms with Crippen LogP contribution in [0.4, 0.5) is 15.8 Å². The van der Waals surface area contributed by atoms with Crippen molar-refractivity contribution < 1.29 is 28.2 Å². The number of nitriles is 1. The molecular weight excluding hydrogens is 610 g/mol. The van der Waals surface area contributed by atoms with Gasteiger partial charge in [-0.3, -0.25) is 9.59 Å². The van der Waals surface area contributed by atoms with Gasteiger partial charge in [-0.15, -0.1) is 0 Å². The minimum absolute atomic E-state index is 0.0494. The highest BCUT2D eigenvalue weighted by Crippen LogP contribution is 2.57. The molecule has 2 aliphatic heterocycles. The molecule has 0 saturated carbocycles. The van der Waals surface area contributed by atoms with Crippen molar-refractivity contribution in [3.05, 3.63) is 87.2 Å². The highest BCUT2D eigenvalue weighted by molar-refractivity contribution is 6.31. The maximum atomic E-state index is 16.0. The third kappa shape index (κ3) is 5.15. The molecule has 3 aromatic rings. The molecule has 2 heterocycles. The molecule has 5 rings (SSSR count). The second kappa shape index (κ2) is 11.7. The predicted octanol–water partition coefficient (Wildman–Crippen LogP) is 5.82. The maximum absolute atomic E-state index is 16.0. The van der Waals surface area contributed by atoms with Gasteiger partial charge in [-0.2, -0.15) is 5.26 Å². The lowest BCUT2D eigenvalue weighted by atomic mass is 9.62. The second-order valence-corrected chi connectivity index (χ2v) is 12.3. The monoisotopic (exact) mass is 638 g/mol. The fourth-order valence-electron chi connectivity index (χ4n) is 6.35. The highest BCUT2D eigenvalue weighted by atomic mass is 35.5. The van der Waals surface area contributed by atoms with E-state index in [0.29, 0.717) is 16.3 Å². The molecule has 228 valence electrons. The number of amides is 2. The summed E-state index contributed by atoms with van der Waals surface area (Å²) in [5, 5.41) is 19.2. The Morgan fingerprint density at radius 3 is 2.57 bits per heavy atom. The number of hydrogen-bond donors (Lipinski definition) is 3. The van der Waals surface area contributed by atoms with Gasteiger partial charge in [0, 0.05) is 22.7 Å². The van der Waals surface area contributed by atoms with Crippen molar-refractivity contribution >= 4 is 52.4 Å². The molecule has 1 saturated heterocycles. The average molecular weight is 640 g/mol. The first-order chi connectivity index (χ1) is 20.9. The van der Waals surface area contributed by atoms with E-state index in [4.69, 9.17) is 32.7 Å². The van der Waals surface area contributed by atoms with Crippen molar-refractivity contribution in [2.24, 2.45) is 5.41 Å². The van der Waals surface area contributed by atoms with Gasteiger partial charge in [-0.25, -0.2) is 9.18 Å². The van der Waals surface area contributed by atoms with E-state index in [9.17, 15) is 19.6 Å². The summed E-state index contributed by atoms with van der Waals surface area (Å²) in [5.41, 5.74) is -1.05. The number of carbonyl (C=O) groups excluding carboxylic acids is 3. The van der Waals surface area contributed by atoms with Gasteiger partial charge in [0.2, 0.25) is 11.8 Å². The maximum Gasteiger partial charge on any atom is 0.337 e. The molecule has 0 aromatic heterocycles. The Morgan fingerprint density at radius 2 is 1.89 bits per heavy atom. The largest absolute Gasteiger partial charge is 0.495 e. The molecule has 0 unspecified atom stereocenters. The molecule has 9 nitrogen and oxygen atoms in total. The summed E-state index contributed by atoms with van der Waals surface area (Å²) >= 11 is 12.5. The summed E-state index contributed by atoms with van der Waals surface area (Å²) < 4.78 is 26.2. The van der Waals surface area contributed by atoms with Gasteiger partial charge in [0.1, 0.15) is 17.0 Å². The number of esters is 1. The summed E-state index contributed by atoms with van der Waals surface area (Å²) in [6, 6.07) is 14.0. The van der Waals surface area contributed by atoms with Crippen LogP contribution in [0.1, 0.15) is 47.7 Å². The number of halogens is 3. The number of rotatable bonds is 7. The molecule has 0 bridgehead atoms. The zero-order valence-electron chi connectivity index (χ0n) is 24.3. The van der Waals surface area contributed by atoms with Crippen molar-refractivity contribution in [2.75, 3.05) is 24.9 Å². The zero-order valence-corrected chi connectivity index (χ0v) is 25.8. The third-order valence-corrected chi connectivity index (χ3v) is 8.83. The van der Waals surface area contributed by atoms with Crippen LogP contribution in [-0.4, -0.2) is 44.1 Å². The molecule has 2 aliphatic rings. The first-order valence-electron chi connectivity index (χ1n) is 13.7. The van der Waals surface area contributed by atoms with Crippen LogP contribution in [0.3, 0.4) is 0 Å². The fourth-order valence-corrected chi connectivity index (χ4v) is 6.70. The van der Waals surface area contributed by atoms with Crippen LogP contribution in [0.15, 0.2) is 54.6 Å². The number of hydrogen-bond acceptors (Lipinski definition) is 7. The summed E-state index contributed by atoms with van der Waals surface area (Å²) in [6.07, 6.45) is 0.137. The van der Waals surface area contributed by atoms with E-state index >= 15 is 4.39 Å². The van der Waals surface area contributed by atoms with E-state index in [1.165, 1.54) is 44.6 Å². The molecule has 3 aromatic carbocycles. The molecule has 12 heteroatoms. The molecule has 4 atom stereocenters. The summed E-state index contributed by atoms with van der Waals surface area (Å²) in [5.74, 6) is -3.38. The van der Waals surface area contributed by atoms with Crippen LogP contribution in [0.5, 0.6) is 5.75 Å². The molecule has 44 heavy (non-hydrogen) atoms. The molecule has 0 aliphatic carbocycles. The van der Waals surface area contributed by atoms with Crippen molar-refractivity contribution in [1.82, 2.24) is 5.32 Å². The van der Waals surface area contributed by atoms with E-state index in [1.54, 1.807) is 38.1 Å². The first kappa shape index (κ1) is 31.3. The molecular formula is C32H29Cl2FN4O5. The Labute approximate surface area is 263 Å². The number of methoxy groups -OCH3 is 2. The van der Waals surface area contributed by atoms with Crippen molar-refractivity contribution in [3.63, 3.8) is 0 Å². The first-order valence-corrected chi connectivity index (χ1v) is 14.4. The molecule has 2 amide bonds. The van der Waals surface area contributed by atoms with E-state index in [2.05, 4.69) is 22.0 Å². The van der Waals surface area contributed by atoms with Crippen LogP contribution in [0, 0.1) is 22.6 Å². The van der Waals surface area contributed by atoms with E-state index in [-0.39, 0.29) is 34.0 Å². The minimum atomic E-state index is -1.54. The Balaban J connectivity index is 1.70. The molecule has 3 N–H and O–H groups in total. The van der Waals surface area contributed by atoms with Crippen LogP contribution in [-0.2, 0) is 19.7 Å². The Hall–Kier alpha value is -4.17. The number of benzene rings is 3. The lowest BCUT2D eigenvalue weighted by molar-refractivity contribution is -0.122. The zero-order chi connectivity index (χ0) is 32.0. The Bertz CT molecular complexity index is 1730. The predicted molar refractivity (Wildman–Crippen MR) is 164 cm³/mol. The lowest BCUT2D eigenvalue weighted by Crippen LogP contribution is -2.50. The topological polar surface area (TPSA) is 130 Å². The Morgan fingerprint density at radius 1 is 1.14 bits per heavy atom. The lowest BCUT2D eigenvalue weighted by Gasteiger charge is -2.37. The summed E-state index contributed by atoms with van der Waals surface area (Å²) in [7, 11) is 2.63. The van der Waals surface area contributed by atoms with E-state index in [1.807, 2.05) is 0 Å². The Kier molecular flexibility index (Phi) is 8.33. The van der Waals surface area contributed by atoms with Crippen molar-refractivity contribution in [1.29, 1.82) is 5.26 Å². The smallest absolute Gasteiger partial charge is 0.337 e. The van der Waals surface area contributed by atoms with Gasteiger partial charge in [0.25, 0.3) is 0 Å². The third-order valence-electron chi connectivity index (χ3n) is 8.30. The second-order valence-electron chi connectivity index (χ2n) is 11.4. The molecule has 0 radical (unpaired) electrons. The molecule has 1 fully saturated rings. The number of fused-ring (bicyclic) bond motifs is 2. The highest BCUT2D eigenvalue weighted by Gasteiger charge is 2.66. The van der Waals surface area contributed by atoms with E-state index in [0.717, 1.165) is 0 Å². The SMILES string of the molecule is COC(=O)c1ccc(NC(=O)[C@@H]2N[C@@H](CC(C)(C)C#N)[C@@]3(C(=O)Nc4cc(Cl)ccc43)[C@H]2c2cccc(Cl)c2F)c(OC)c1. The van der Waals surface area contributed by atoms with E-state index < -0.39 is 52.4 Å². The molecule has 1 spiro atoms. The van der Waals surface area contributed by atoms with Crippen molar-refractivity contribution in [3.8, 4) is 11.8 Å². The number of nitrogens with zero attached hydrogens (tertiary/aromatic N) is 1. The quantitative estimate of drug-likeness (QED) is 0.278. The van der Waals surface area contributed by atoms with Crippen LogP contribution < -0.4 is 20.7 Å². The van der Waals surface area contributed by atoms with Crippen LogP contribution >= 0.6 is 23.2 Å². The fraction of sp³-hybridized carbons (Fsp3) is 0.312. The summed E-state index contributed by atoms with van der Waals surface area (Å²) in [6.45, 7) is 3.46. The number of ether oxygens (including phenoxy) is 2. The van der Waals surface area contributed by atoms with Crippen LogP contribution in [0.25, 0.3) is 0 Å². The van der Waals surface area contributed by atoms with Crippen molar-refractivity contribution in [2.45, 2.75) is 43.7 Å². The van der Waals surface area contributed by atoms with Gasteiger partial charge in [-0.1, -0.05) is 41.4 Å². The van der Waals surface area contributed by atoms with Gasteiger partial charge in [0.15, 0.2) is 0 Å².